The van der Waals surface area contributed by atoms with Crippen LogP contribution in [0.3, 0.4) is 0 Å². The van der Waals surface area contributed by atoms with Crippen LogP contribution in [0.25, 0.3) is 0 Å². The van der Waals surface area contributed by atoms with Gasteiger partial charge in [-0.1, -0.05) is 0 Å². The Kier molecular flexibility index (Phi) is 2.43. The number of hydrogen-bond acceptors (Lipinski definition) is 3. The van der Waals surface area contributed by atoms with Crippen molar-refractivity contribution in [2.45, 2.75) is 6.92 Å². The van der Waals surface area contributed by atoms with Crippen LogP contribution in [0.2, 0.25) is 0 Å². The van der Waals surface area contributed by atoms with Gasteiger partial charge in [-0.25, -0.2) is 5.43 Å². The number of carbonyl (C=O) groups is 1. The second-order valence-corrected chi connectivity index (χ2v) is 1.95. The molecule has 0 aromatic carbocycles. The van der Waals surface area contributed by atoms with E-state index in [0.717, 1.165) is 5.76 Å². The largest absolute Gasteiger partial charge is 0.460 e. The van der Waals surface area contributed by atoms with Gasteiger partial charge >= 0.3 is 0 Å². The van der Waals surface area contributed by atoms with Crippen molar-refractivity contribution in [1.29, 1.82) is 0 Å². The number of furan rings is 1. The summed E-state index contributed by atoms with van der Waals surface area (Å²) in [5, 5.41) is 3.54. The molecule has 1 rings (SSSR count). The molecule has 0 atom stereocenters. The third-order valence-corrected chi connectivity index (χ3v) is 1.08. The first-order valence-electron chi connectivity index (χ1n) is 3.11. The maximum atomic E-state index is 9.74. The summed E-state index contributed by atoms with van der Waals surface area (Å²) in [5.41, 5.74) is 2.13. The summed E-state index contributed by atoms with van der Waals surface area (Å²) in [5.74, 6) is 1.44. The summed E-state index contributed by atoms with van der Waals surface area (Å²) in [4.78, 5) is 9.74. The highest BCUT2D eigenvalue weighted by atomic mass is 16.3. The van der Waals surface area contributed by atoms with Crippen LogP contribution >= 0.6 is 0 Å². The van der Waals surface area contributed by atoms with Crippen molar-refractivity contribution < 1.29 is 9.21 Å². The smallest absolute Gasteiger partial charge is 0.227 e. The van der Waals surface area contributed by atoms with Crippen molar-refractivity contribution in [2.24, 2.45) is 5.10 Å². The van der Waals surface area contributed by atoms with Crippen LogP contribution in [0.4, 0.5) is 0 Å². The van der Waals surface area contributed by atoms with E-state index in [1.807, 2.05) is 13.0 Å². The molecular formula is C7H8N2O2. The molecule has 1 aromatic heterocycles. The van der Waals surface area contributed by atoms with Crippen LogP contribution in [-0.4, -0.2) is 12.6 Å². The normalized spacial score (nSPS) is 10.3. The Labute approximate surface area is 63.9 Å². The zero-order chi connectivity index (χ0) is 8.10. The van der Waals surface area contributed by atoms with Gasteiger partial charge in [-0.3, -0.25) is 4.79 Å². The van der Waals surface area contributed by atoms with Crippen LogP contribution in [0.1, 0.15) is 11.5 Å². The van der Waals surface area contributed by atoms with E-state index in [2.05, 4.69) is 10.5 Å². The van der Waals surface area contributed by atoms with Gasteiger partial charge in [-0.2, -0.15) is 5.10 Å². The molecule has 11 heavy (non-hydrogen) atoms. The number of hydrogen-bond donors (Lipinski definition) is 1. The molecule has 0 aliphatic rings. The summed E-state index contributed by atoms with van der Waals surface area (Å²) in [6, 6.07) is 3.59. The predicted molar refractivity (Wildman–Crippen MR) is 40.2 cm³/mol. The first-order chi connectivity index (χ1) is 5.33. The Bertz CT molecular complexity index is 265. The van der Waals surface area contributed by atoms with Gasteiger partial charge in [-0.05, 0) is 19.1 Å². The predicted octanol–water partition coefficient (Wildman–Crippen LogP) is 0.668. The van der Waals surface area contributed by atoms with Gasteiger partial charge in [0, 0.05) is 0 Å². The molecule has 4 heteroatoms. The Morgan fingerprint density at radius 3 is 3.00 bits per heavy atom. The Hall–Kier alpha value is -1.58. The van der Waals surface area contributed by atoms with Gasteiger partial charge in [0.2, 0.25) is 6.41 Å². The molecule has 0 fully saturated rings. The second kappa shape index (κ2) is 3.55. The molecule has 0 spiro atoms. The van der Waals surface area contributed by atoms with Crippen molar-refractivity contribution in [2.75, 3.05) is 0 Å². The molecule has 1 N–H and O–H groups in total. The van der Waals surface area contributed by atoms with Crippen LogP contribution in [0.15, 0.2) is 21.7 Å². The van der Waals surface area contributed by atoms with Gasteiger partial charge in [0.1, 0.15) is 11.5 Å². The van der Waals surface area contributed by atoms with Gasteiger partial charge in [0.25, 0.3) is 0 Å². The van der Waals surface area contributed by atoms with E-state index < -0.39 is 0 Å². The minimum Gasteiger partial charge on any atom is -0.460 e. The van der Waals surface area contributed by atoms with Crippen molar-refractivity contribution in [1.82, 2.24) is 5.43 Å². The van der Waals surface area contributed by atoms with Gasteiger partial charge in [0.05, 0.1) is 6.21 Å². The maximum Gasteiger partial charge on any atom is 0.227 e. The fourth-order valence-electron chi connectivity index (χ4n) is 0.654. The van der Waals surface area contributed by atoms with Crippen LogP contribution in [-0.2, 0) is 4.79 Å². The van der Waals surface area contributed by atoms with E-state index >= 15 is 0 Å². The van der Waals surface area contributed by atoms with Gasteiger partial charge in [0.15, 0.2) is 0 Å². The van der Waals surface area contributed by atoms with E-state index in [1.165, 1.54) is 6.21 Å². The molecule has 1 aromatic rings. The first kappa shape index (κ1) is 7.53. The summed E-state index contributed by atoms with van der Waals surface area (Å²) >= 11 is 0. The number of nitrogens with zero attached hydrogens (tertiary/aromatic N) is 1. The van der Waals surface area contributed by atoms with E-state index in [-0.39, 0.29) is 0 Å². The molecule has 58 valence electrons. The van der Waals surface area contributed by atoms with Crippen molar-refractivity contribution in [3.8, 4) is 0 Å². The minimum absolute atomic E-state index is 0.492. The summed E-state index contributed by atoms with van der Waals surface area (Å²) in [7, 11) is 0. The lowest BCUT2D eigenvalue weighted by Crippen LogP contribution is -1.99. The molecule has 0 aliphatic heterocycles. The Morgan fingerprint density at radius 1 is 1.64 bits per heavy atom. The van der Waals surface area contributed by atoms with Crippen LogP contribution in [0.5, 0.6) is 0 Å². The lowest BCUT2D eigenvalue weighted by Gasteiger charge is -1.83. The van der Waals surface area contributed by atoms with Gasteiger partial charge in [-0.15, -0.1) is 0 Å². The highest BCUT2D eigenvalue weighted by Gasteiger charge is 1.91. The molecule has 0 aliphatic carbocycles. The van der Waals surface area contributed by atoms with E-state index in [1.54, 1.807) is 6.07 Å². The molecule has 0 saturated heterocycles. The number of carbonyl (C=O) groups excluding carboxylic acids is 1. The minimum atomic E-state index is 0.492. The third kappa shape index (κ3) is 2.25. The Morgan fingerprint density at radius 2 is 2.45 bits per heavy atom. The van der Waals surface area contributed by atoms with E-state index in [0.29, 0.717) is 12.2 Å². The Balaban J connectivity index is 2.56. The average Bonchev–Trinajstić information content (AvgIpc) is 2.37. The second-order valence-electron chi connectivity index (χ2n) is 1.95. The lowest BCUT2D eigenvalue weighted by atomic mass is 10.4. The molecule has 1 amide bonds. The number of hydrazone groups is 1. The third-order valence-electron chi connectivity index (χ3n) is 1.08. The number of nitrogens with one attached hydrogen (secondary N) is 1. The monoisotopic (exact) mass is 152 g/mol. The number of aryl methyl sites for hydroxylation is 1. The average molecular weight is 152 g/mol. The standard InChI is InChI=1S/C7H8N2O2/c1-6-2-3-7(11-6)4-8-9-5-10/h2-5H,1H3,(H,9,10). The fraction of sp³-hybridized carbons (Fsp3) is 0.143. The van der Waals surface area contributed by atoms with Crippen molar-refractivity contribution in [3.05, 3.63) is 23.7 Å². The van der Waals surface area contributed by atoms with E-state index in [9.17, 15) is 4.79 Å². The molecule has 1 heterocycles. The molecular weight excluding hydrogens is 144 g/mol. The number of amides is 1. The fourth-order valence-corrected chi connectivity index (χ4v) is 0.654. The molecule has 0 bridgehead atoms. The zero-order valence-electron chi connectivity index (χ0n) is 6.07. The molecule has 0 saturated carbocycles. The van der Waals surface area contributed by atoms with Crippen LogP contribution in [0, 0.1) is 6.92 Å². The zero-order valence-corrected chi connectivity index (χ0v) is 6.07. The van der Waals surface area contributed by atoms with Crippen molar-refractivity contribution >= 4 is 12.6 Å². The highest BCUT2D eigenvalue weighted by Crippen LogP contribution is 2.02. The quantitative estimate of drug-likeness (QED) is 0.393. The summed E-state index contributed by atoms with van der Waals surface area (Å²) in [6.07, 6.45) is 1.92. The van der Waals surface area contributed by atoms with Crippen molar-refractivity contribution in [3.63, 3.8) is 0 Å². The highest BCUT2D eigenvalue weighted by molar-refractivity contribution is 5.76. The van der Waals surface area contributed by atoms with Crippen LogP contribution < -0.4 is 5.43 Å². The SMILES string of the molecule is Cc1ccc(C=NNC=O)o1. The van der Waals surface area contributed by atoms with Gasteiger partial charge < -0.3 is 4.42 Å². The topological polar surface area (TPSA) is 54.6 Å². The molecule has 4 nitrogen and oxygen atoms in total. The first-order valence-corrected chi connectivity index (χ1v) is 3.11. The van der Waals surface area contributed by atoms with E-state index in [4.69, 9.17) is 4.42 Å². The molecule has 0 unspecified atom stereocenters. The lowest BCUT2D eigenvalue weighted by molar-refractivity contribution is -0.109. The number of rotatable bonds is 3. The summed E-state index contributed by atoms with van der Waals surface area (Å²) < 4.78 is 5.12. The maximum absolute atomic E-state index is 9.74. The molecule has 0 radical (unpaired) electrons. The summed E-state index contributed by atoms with van der Waals surface area (Å²) in [6.45, 7) is 1.84.